The van der Waals surface area contributed by atoms with Crippen LogP contribution in [0.4, 0.5) is 0 Å². The van der Waals surface area contributed by atoms with Crippen molar-refractivity contribution in [3.05, 3.63) is 22.5 Å². The van der Waals surface area contributed by atoms with Gasteiger partial charge in [-0.15, -0.1) is 0 Å². The van der Waals surface area contributed by atoms with Crippen molar-refractivity contribution in [3.8, 4) is 0 Å². The number of aliphatic hydroxyl groups excluding tert-OH is 1. The Morgan fingerprint density at radius 1 is 1.18 bits per heavy atom. The number of hydrogen-bond acceptors (Lipinski definition) is 6. The lowest BCUT2D eigenvalue weighted by molar-refractivity contribution is -0.150. The van der Waals surface area contributed by atoms with Gasteiger partial charge in [0.2, 0.25) is 11.6 Å². The smallest absolute Gasteiger partial charge is 0.317 e. The standard InChI is InChI=1S/C22H28O6/c1-6-27-17-12-13(16(25)15(24)11(10(2)3)14(12)23)22-9-7-8-21(4,5)19(22)18(17)28-20(22)26/h10,17-19,23H,6-9H2,1-5H3/t17-,18+,19-,22-/m0/s1. The number of rotatable bonds is 3. The molecule has 0 amide bonds. The lowest BCUT2D eigenvalue weighted by Crippen LogP contribution is -2.57. The molecule has 1 heterocycles. The van der Waals surface area contributed by atoms with Crippen LogP contribution in [0.1, 0.15) is 53.9 Å². The molecule has 0 aromatic heterocycles. The molecule has 0 unspecified atom stereocenters. The van der Waals surface area contributed by atoms with E-state index in [2.05, 4.69) is 13.8 Å². The molecule has 3 aliphatic carbocycles. The summed E-state index contributed by atoms with van der Waals surface area (Å²) in [4.78, 5) is 39.5. The van der Waals surface area contributed by atoms with Gasteiger partial charge in [0.05, 0.1) is 0 Å². The first-order chi connectivity index (χ1) is 13.1. The summed E-state index contributed by atoms with van der Waals surface area (Å²) in [6.07, 6.45) is 0.794. The maximum Gasteiger partial charge on any atom is 0.317 e. The van der Waals surface area contributed by atoms with E-state index in [0.29, 0.717) is 18.6 Å². The highest BCUT2D eigenvalue weighted by molar-refractivity contribution is 6.51. The summed E-state index contributed by atoms with van der Waals surface area (Å²) in [6, 6.07) is 0. The average molecular weight is 388 g/mol. The van der Waals surface area contributed by atoms with Crippen LogP contribution in [0.2, 0.25) is 0 Å². The van der Waals surface area contributed by atoms with Crippen LogP contribution in [-0.2, 0) is 23.9 Å². The molecule has 0 spiro atoms. The molecule has 6 heteroatoms. The third kappa shape index (κ3) is 2.15. The predicted molar refractivity (Wildman–Crippen MR) is 100 cm³/mol. The molecule has 28 heavy (non-hydrogen) atoms. The van der Waals surface area contributed by atoms with Crippen molar-refractivity contribution in [2.45, 2.75) is 66.1 Å². The van der Waals surface area contributed by atoms with Crippen LogP contribution < -0.4 is 0 Å². The Bertz CT molecular complexity index is 845. The van der Waals surface area contributed by atoms with Crippen molar-refractivity contribution in [1.82, 2.24) is 0 Å². The van der Waals surface area contributed by atoms with Crippen LogP contribution in [0.5, 0.6) is 0 Å². The second kappa shape index (κ2) is 6.02. The molecule has 1 saturated heterocycles. The molecule has 4 rings (SSSR count). The minimum absolute atomic E-state index is 0.102. The molecule has 1 aliphatic heterocycles. The zero-order chi connectivity index (χ0) is 20.6. The fraction of sp³-hybridized carbons (Fsp3) is 0.682. The number of hydrogen-bond donors (Lipinski definition) is 1. The van der Waals surface area contributed by atoms with Gasteiger partial charge in [0.15, 0.2) is 0 Å². The van der Waals surface area contributed by atoms with Crippen LogP contribution in [0.3, 0.4) is 0 Å². The van der Waals surface area contributed by atoms with Crippen LogP contribution in [0.25, 0.3) is 0 Å². The number of allylic oxidation sites excluding steroid dienone is 1. The van der Waals surface area contributed by atoms with Gasteiger partial charge >= 0.3 is 5.97 Å². The van der Waals surface area contributed by atoms with Crippen LogP contribution in [0.15, 0.2) is 22.5 Å². The van der Waals surface area contributed by atoms with Crippen molar-refractivity contribution in [2.24, 2.45) is 22.7 Å². The molecule has 0 aromatic carbocycles. The normalized spacial score (nSPS) is 36.6. The summed E-state index contributed by atoms with van der Waals surface area (Å²) in [6.45, 7) is 9.86. The van der Waals surface area contributed by atoms with Crippen LogP contribution in [-0.4, -0.2) is 41.5 Å². The highest BCUT2D eigenvalue weighted by Crippen LogP contribution is 2.66. The van der Waals surface area contributed by atoms with E-state index in [4.69, 9.17) is 9.47 Å². The summed E-state index contributed by atoms with van der Waals surface area (Å²) < 4.78 is 11.8. The number of Topliss-reactive ketones (excluding diaryl/α,β-unsaturated/α-hetero) is 2. The fourth-order valence-electron chi connectivity index (χ4n) is 6.18. The summed E-state index contributed by atoms with van der Waals surface area (Å²) in [5, 5.41) is 11.1. The lowest BCUT2D eigenvalue weighted by Gasteiger charge is -2.52. The van der Waals surface area contributed by atoms with E-state index in [1.165, 1.54) is 0 Å². The minimum Gasteiger partial charge on any atom is -0.507 e. The van der Waals surface area contributed by atoms with E-state index in [-0.39, 0.29) is 34.2 Å². The number of carbonyl (C=O) groups excluding carboxylic acids is 3. The molecule has 1 N–H and O–H groups in total. The molecular formula is C22H28O6. The molecule has 1 saturated carbocycles. The zero-order valence-electron chi connectivity index (χ0n) is 17.1. The van der Waals surface area contributed by atoms with E-state index in [9.17, 15) is 19.5 Å². The van der Waals surface area contributed by atoms with E-state index in [1.807, 2.05) is 6.92 Å². The van der Waals surface area contributed by atoms with Gasteiger partial charge in [0.25, 0.3) is 0 Å². The fourth-order valence-corrected chi connectivity index (χ4v) is 6.18. The average Bonchev–Trinajstić information content (AvgIpc) is 2.85. The van der Waals surface area contributed by atoms with Crippen molar-refractivity contribution in [3.63, 3.8) is 0 Å². The van der Waals surface area contributed by atoms with Gasteiger partial charge < -0.3 is 14.6 Å². The molecule has 4 aliphatic rings. The van der Waals surface area contributed by atoms with E-state index in [0.717, 1.165) is 12.8 Å². The highest BCUT2D eigenvalue weighted by Gasteiger charge is 2.72. The SMILES string of the molecule is CCO[C@H]1C2=C(C(=O)C(=O)C(C(C)C)=C2O)[C@@]23CCCC(C)(C)[C@@H]2[C@@H]1OC3=O. The third-order valence-corrected chi connectivity index (χ3v) is 7.11. The first-order valence-electron chi connectivity index (χ1n) is 10.2. The Morgan fingerprint density at radius 2 is 1.86 bits per heavy atom. The van der Waals surface area contributed by atoms with Gasteiger partial charge in [0, 0.05) is 29.2 Å². The number of carbonyl (C=O) groups is 3. The van der Waals surface area contributed by atoms with Crippen LogP contribution >= 0.6 is 0 Å². The van der Waals surface area contributed by atoms with Gasteiger partial charge in [0.1, 0.15) is 23.4 Å². The van der Waals surface area contributed by atoms with Crippen molar-refractivity contribution >= 4 is 17.5 Å². The monoisotopic (exact) mass is 388 g/mol. The van der Waals surface area contributed by atoms with Gasteiger partial charge in [-0.2, -0.15) is 0 Å². The topological polar surface area (TPSA) is 89.9 Å². The Kier molecular flexibility index (Phi) is 4.17. The number of ether oxygens (including phenoxy) is 2. The van der Waals surface area contributed by atoms with Crippen molar-refractivity contribution < 1.29 is 29.0 Å². The van der Waals surface area contributed by atoms with E-state index < -0.39 is 35.2 Å². The first-order valence-corrected chi connectivity index (χ1v) is 10.2. The molecule has 4 atom stereocenters. The molecule has 0 aromatic rings. The summed E-state index contributed by atoms with van der Waals surface area (Å²) in [7, 11) is 0. The Hall–Kier alpha value is -1.95. The van der Waals surface area contributed by atoms with Crippen molar-refractivity contribution in [1.29, 1.82) is 0 Å². The number of ketones is 2. The molecule has 2 bridgehead atoms. The van der Waals surface area contributed by atoms with Gasteiger partial charge in [-0.3, -0.25) is 14.4 Å². The number of aliphatic hydroxyl groups is 1. The zero-order valence-corrected chi connectivity index (χ0v) is 17.1. The predicted octanol–water partition coefficient (Wildman–Crippen LogP) is 3.06. The molecule has 2 fully saturated rings. The Labute approximate surface area is 165 Å². The quantitative estimate of drug-likeness (QED) is 0.454. The Balaban J connectivity index is 2.07. The van der Waals surface area contributed by atoms with Crippen molar-refractivity contribution in [2.75, 3.05) is 6.61 Å². The van der Waals surface area contributed by atoms with Gasteiger partial charge in [-0.1, -0.05) is 34.1 Å². The van der Waals surface area contributed by atoms with Crippen LogP contribution in [0, 0.1) is 22.7 Å². The highest BCUT2D eigenvalue weighted by atomic mass is 16.6. The largest absolute Gasteiger partial charge is 0.507 e. The molecule has 152 valence electrons. The minimum atomic E-state index is -1.17. The lowest BCUT2D eigenvalue weighted by atomic mass is 9.48. The van der Waals surface area contributed by atoms with Gasteiger partial charge in [-0.05, 0) is 31.1 Å². The Morgan fingerprint density at radius 3 is 2.46 bits per heavy atom. The molecule has 0 radical (unpaired) electrons. The van der Waals surface area contributed by atoms with E-state index in [1.54, 1.807) is 13.8 Å². The number of esters is 1. The second-order valence-corrected chi connectivity index (χ2v) is 9.40. The second-order valence-electron chi connectivity index (χ2n) is 9.40. The summed E-state index contributed by atoms with van der Waals surface area (Å²) in [5.74, 6) is -2.62. The first kappa shape index (κ1) is 19.4. The summed E-state index contributed by atoms with van der Waals surface area (Å²) in [5.41, 5.74) is -0.887. The third-order valence-electron chi connectivity index (χ3n) is 7.11. The van der Waals surface area contributed by atoms with Gasteiger partial charge in [-0.25, -0.2) is 0 Å². The molecule has 6 nitrogen and oxygen atoms in total. The maximum absolute atomic E-state index is 13.3. The maximum atomic E-state index is 13.3. The summed E-state index contributed by atoms with van der Waals surface area (Å²) >= 11 is 0. The molecular weight excluding hydrogens is 360 g/mol. The van der Waals surface area contributed by atoms with E-state index >= 15 is 0 Å².